The summed E-state index contributed by atoms with van der Waals surface area (Å²) in [4.78, 5) is 33.1. The number of hydrogen-bond donors (Lipinski definition) is 3. The number of ether oxygens (including phenoxy) is 2. The normalized spacial score (nSPS) is 20.6. The Morgan fingerprint density at radius 2 is 1.00 bits per heavy atom. The van der Waals surface area contributed by atoms with E-state index in [9.17, 15) is 0 Å². The van der Waals surface area contributed by atoms with Gasteiger partial charge < -0.3 is 25.4 Å². The van der Waals surface area contributed by atoms with Crippen molar-refractivity contribution in [3.05, 3.63) is 0 Å². The molecule has 0 aromatic rings. The monoisotopic (exact) mass is 1190 g/mol. The molecule has 80 heavy (non-hydrogen) atoms. The lowest BCUT2D eigenvalue weighted by molar-refractivity contribution is 0.179. The first-order valence-electron chi connectivity index (χ1n) is 31.9. The molecule has 0 amide bonds. The average molecular weight is 1190 g/mol. The van der Waals surface area contributed by atoms with Crippen molar-refractivity contribution in [3.63, 3.8) is 0 Å². The van der Waals surface area contributed by atoms with Crippen molar-refractivity contribution in [3.8, 4) is 0 Å². The first kappa shape index (κ1) is 93.8. The Bertz CT molecular complexity index is 1260. The third-order valence-corrected chi connectivity index (χ3v) is 14.1. The van der Waals surface area contributed by atoms with Crippen molar-refractivity contribution >= 4 is 82.7 Å². The lowest BCUT2D eigenvalue weighted by Gasteiger charge is -2.12. The number of aliphatic imine (C=N–C) groups is 8. The van der Waals surface area contributed by atoms with Crippen LogP contribution in [0.1, 0.15) is 222 Å². The predicted octanol–water partition coefficient (Wildman–Crippen LogP) is 17.6. The standard InChI is InChI=1S/3C6H12N2.2C6H11NO.3C6H11NS.8C2H6/c2*1-5(2)6-3-7-4-8-6;1-5(2)6-7-3-4-8-6;1-5(2)6-3-8-4-7-6;1-5(2)6-3-7-4-8-6;1-5(2)6-3-8-4-7-6;1-5(2)6-3-7-4-8-6;1-5(2)6-7-3-4-8-6;8*1-2/h2*4-6H,3H2,1-2H3,(H,7,8);5H,3-4H2,1-2H3,(H,7,8);4*4-6H,3H2,1-2H3;5H,3-4H2,1-2H3;8*1-2H3. The van der Waals surface area contributed by atoms with E-state index in [-0.39, 0.29) is 0 Å². The van der Waals surface area contributed by atoms with Crippen LogP contribution in [0.25, 0.3) is 0 Å². The fourth-order valence-electron chi connectivity index (χ4n) is 5.74. The number of thioether (sulfide) groups is 3. The zero-order chi connectivity index (χ0) is 63.9. The van der Waals surface area contributed by atoms with E-state index in [1.165, 1.54) is 22.4 Å². The molecule has 0 saturated heterocycles. The summed E-state index contributed by atoms with van der Waals surface area (Å²) in [6.07, 6.45) is 7.03. The van der Waals surface area contributed by atoms with E-state index < -0.39 is 0 Å². The van der Waals surface area contributed by atoms with Crippen LogP contribution in [-0.4, -0.2) is 147 Å². The molecule has 0 saturated carbocycles. The van der Waals surface area contributed by atoms with Gasteiger partial charge in [0.2, 0.25) is 0 Å². The van der Waals surface area contributed by atoms with Gasteiger partial charge in [-0.1, -0.05) is 222 Å². The molecule has 3 N–H and O–H groups in total. The molecule has 8 heterocycles. The first-order valence-corrected chi connectivity index (χ1v) is 34.9. The van der Waals surface area contributed by atoms with Gasteiger partial charge in [0.1, 0.15) is 12.7 Å². The lowest BCUT2D eigenvalue weighted by atomic mass is 10.1. The molecule has 6 unspecified atom stereocenters. The zero-order valence-electron chi connectivity index (χ0n) is 58.7. The molecule has 8 aliphatic rings. The summed E-state index contributed by atoms with van der Waals surface area (Å²) < 4.78 is 10.0. The predicted molar refractivity (Wildman–Crippen MR) is 381 cm³/mol. The molecule has 8 aliphatic heterocycles. The number of amidine groups is 1. The topological polar surface area (TPSA) is 153 Å². The largest absolute Gasteiger partial charge is 0.481 e. The van der Waals surface area contributed by atoms with Gasteiger partial charge in [0.05, 0.1) is 79.5 Å². The van der Waals surface area contributed by atoms with Crippen LogP contribution in [0.15, 0.2) is 39.9 Å². The van der Waals surface area contributed by atoms with Crippen molar-refractivity contribution in [2.24, 2.45) is 87.3 Å². The van der Waals surface area contributed by atoms with Crippen molar-refractivity contribution in [2.75, 3.05) is 63.9 Å². The van der Waals surface area contributed by atoms with Crippen molar-refractivity contribution in [1.82, 2.24) is 16.0 Å². The van der Waals surface area contributed by atoms with Crippen molar-refractivity contribution < 1.29 is 9.47 Å². The van der Waals surface area contributed by atoms with E-state index in [0.717, 1.165) is 69.5 Å². The highest BCUT2D eigenvalue weighted by Crippen LogP contribution is 2.22. The molecule has 0 aromatic carbocycles. The van der Waals surface area contributed by atoms with Gasteiger partial charge in [-0.15, -0.1) is 35.3 Å². The molecular formula is C64H139N11O2S3. The van der Waals surface area contributed by atoms with E-state index in [1.807, 2.05) is 157 Å². The smallest absolute Gasteiger partial charge is 0.170 e. The van der Waals surface area contributed by atoms with E-state index >= 15 is 0 Å². The molecule has 480 valence electrons. The molecule has 0 aliphatic carbocycles. The number of rotatable bonds is 8. The minimum Gasteiger partial charge on any atom is -0.481 e. The molecule has 16 heteroatoms. The highest BCUT2D eigenvalue weighted by atomic mass is 32.2. The average Bonchev–Trinajstić information content (AvgIpc) is 4.34. The fourth-order valence-corrected chi connectivity index (χ4v) is 8.46. The molecule has 0 bridgehead atoms. The van der Waals surface area contributed by atoms with E-state index in [0.29, 0.717) is 65.8 Å². The fraction of sp³-hybridized carbons (Fsp3) is 0.875. The molecule has 0 spiro atoms. The van der Waals surface area contributed by atoms with Gasteiger partial charge >= 0.3 is 0 Å². The maximum absolute atomic E-state index is 5.12. The summed E-state index contributed by atoms with van der Waals surface area (Å²) in [6, 6.07) is 2.19. The Hall–Kier alpha value is -2.59. The van der Waals surface area contributed by atoms with Crippen LogP contribution in [-0.2, 0) is 9.47 Å². The lowest BCUT2D eigenvalue weighted by Crippen LogP contribution is -2.29. The first-order chi connectivity index (χ1) is 38.4. The van der Waals surface area contributed by atoms with Crippen LogP contribution in [0.2, 0.25) is 0 Å². The van der Waals surface area contributed by atoms with Gasteiger partial charge in [0.25, 0.3) is 0 Å². The van der Waals surface area contributed by atoms with Gasteiger partial charge in [-0.2, -0.15) is 0 Å². The summed E-state index contributed by atoms with van der Waals surface area (Å²) >= 11 is 5.58. The van der Waals surface area contributed by atoms with Gasteiger partial charge in [-0.05, 0) is 35.5 Å². The molecule has 8 rings (SSSR count). The van der Waals surface area contributed by atoms with Crippen LogP contribution in [0, 0.1) is 47.3 Å². The van der Waals surface area contributed by atoms with Crippen molar-refractivity contribution in [2.45, 2.75) is 257 Å². The van der Waals surface area contributed by atoms with Crippen LogP contribution in [0.5, 0.6) is 0 Å². The third kappa shape index (κ3) is 57.2. The summed E-state index contributed by atoms with van der Waals surface area (Å²) in [7, 11) is 0. The Morgan fingerprint density at radius 3 is 1.18 bits per heavy atom. The maximum Gasteiger partial charge on any atom is 0.170 e. The Morgan fingerprint density at radius 1 is 0.487 bits per heavy atom. The summed E-state index contributed by atoms with van der Waals surface area (Å²) in [5.41, 5.74) is 3.93. The zero-order valence-corrected chi connectivity index (χ0v) is 61.2. The minimum absolute atomic E-state index is 0.343. The van der Waals surface area contributed by atoms with Crippen LogP contribution < -0.4 is 16.0 Å². The second-order valence-corrected chi connectivity index (χ2v) is 22.3. The van der Waals surface area contributed by atoms with E-state index in [4.69, 9.17) is 9.47 Å². The summed E-state index contributed by atoms with van der Waals surface area (Å²) in [5.74, 6) is 8.93. The SMILES string of the molecule is CC.CC.CC.CC.CC.CC.CC.CC.CC(C)C1=NCCN1.CC(C)C1=NCCS1.CC(C)C1CN=CN1.CC(C)C1CN=CN1.CC(C)C1CN=CO1.CC(C)C1CN=CS1.CC(C)C1COC=N1.CC(C)C1CSC=N1. The van der Waals surface area contributed by atoms with Gasteiger partial charge in [-0.3, -0.25) is 39.9 Å². The Labute approximate surface area is 513 Å². The van der Waals surface area contributed by atoms with Crippen LogP contribution in [0.4, 0.5) is 0 Å². The van der Waals surface area contributed by atoms with Gasteiger partial charge in [0.15, 0.2) is 12.8 Å². The number of nitrogens with one attached hydrogen (secondary N) is 3. The molecule has 6 atom stereocenters. The molecule has 13 nitrogen and oxygen atoms in total. The summed E-state index contributed by atoms with van der Waals surface area (Å²) in [5, 5.41) is 11.6. The Kier molecular flexibility index (Phi) is 85.0. The second-order valence-electron chi connectivity index (χ2n) is 19.2. The third-order valence-electron chi connectivity index (χ3n) is 10.7. The molecular weight excluding hydrogens is 1050 g/mol. The quantitative estimate of drug-likeness (QED) is 0.217. The molecule has 0 fully saturated rings. The number of hydrogen-bond acceptors (Lipinski definition) is 16. The Balaban J connectivity index is -0.000000119. The highest BCUT2D eigenvalue weighted by molar-refractivity contribution is 8.14. The number of nitrogens with zero attached hydrogens (tertiary/aromatic N) is 8. The van der Waals surface area contributed by atoms with Gasteiger partial charge in [0, 0.05) is 53.8 Å². The van der Waals surface area contributed by atoms with Crippen LogP contribution in [0.3, 0.4) is 0 Å². The highest BCUT2D eigenvalue weighted by Gasteiger charge is 2.18. The molecule has 0 radical (unpaired) electrons. The van der Waals surface area contributed by atoms with E-state index in [2.05, 4.69) is 167 Å². The van der Waals surface area contributed by atoms with Crippen molar-refractivity contribution in [1.29, 1.82) is 0 Å². The second kappa shape index (κ2) is 72.5. The maximum atomic E-state index is 5.12. The molecule has 0 aromatic heterocycles. The van der Waals surface area contributed by atoms with E-state index in [1.54, 1.807) is 25.5 Å². The van der Waals surface area contributed by atoms with Crippen LogP contribution >= 0.6 is 35.3 Å². The van der Waals surface area contributed by atoms with Gasteiger partial charge in [-0.25, -0.2) is 0 Å². The summed E-state index contributed by atoms with van der Waals surface area (Å²) in [6.45, 7) is 74.6. The minimum atomic E-state index is 0.343.